The Labute approximate surface area is 315 Å². The average molecular weight is 729 g/mol. The molecule has 2 fully saturated rings. The fraction of sp³-hybridized carbons (Fsp3) is 0.381. The Morgan fingerprint density at radius 1 is 0.981 bits per heavy atom. The quantitative estimate of drug-likeness (QED) is 0.153. The Morgan fingerprint density at radius 3 is 2.52 bits per heavy atom. The molecular formula is C42H48N8O4. The van der Waals surface area contributed by atoms with E-state index in [0.29, 0.717) is 24.0 Å². The Kier molecular flexibility index (Phi) is 10.7. The number of amides is 3. The van der Waals surface area contributed by atoms with Crippen molar-refractivity contribution >= 4 is 34.4 Å². The molecule has 12 nitrogen and oxygen atoms in total. The summed E-state index contributed by atoms with van der Waals surface area (Å²) in [5, 5.41) is 10.9. The van der Waals surface area contributed by atoms with Crippen molar-refractivity contribution in [3.05, 3.63) is 111 Å². The second-order valence-electron chi connectivity index (χ2n) is 14.8. The number of aromatic nitrogens is 4. The first-order valence-electron chi connectivity index (χ1n) is 18.9. The molecule has 0 bridgehead atoms. The first kappa shape index (κ1) is 36.7. The predicted octanol–water partition coefficient (Wildman–Crippen LogP) is 5.40. The van der Waals surface area contributed by atoms with Gasteiger partial charge in [-0.25, -0.2) is 4.98 Å². The third kappa shape index (κ3) is 7.84. The number of fused-ring (bicyclic) bond motifs is 1. The summed E-state index contributed by atoms with van der Waals surface area (Å²) in [5.74, 6) is -0.0620. The molecule has 0 aliphatic carbocycles. The van der Waals surface area contributed by atoms with Gasteiger partial charge in [0.25, 0.3) is 11.5 Å². The van der Waals surface area contributed by atoms with Crippen LogP contribution in [-0.2, 0) is 29.1 Å². The molecule has 7 rings (SSSR count). The highest BCUT2D eigenvalue weighted by Crippen LogP contribution is 2.31. The molecule has 2 saturated heterocycles. The molecule has 1 atom stereocenters. The SMILES string of the molecule is CCCc1cc(C)[nH]c(=O)c1CNC(=O)c1cc(-c2ccc(N3CCN(Cc4cccc(C5CCC(=O)NC5=O)c4)CC3)nc2)cc2c1cnn2C(C)C. The van der Waals surface area contributed by atoms with E-state index in [9.17, 15) is 19.2 Å². The topological polar surface area (TPSA) is 145 Å². The number of piperazine rings is 1. The number of rotatable bonds is 11. The van der Waals surface area contributed by atoms with Crippen LogP contribution in [0.2, 0.25) is 0 Å². The number of anilines is 1. The third-order valence-corrected chi connectivity index (χ3v) is 10.5. The van der Waals surface area contributed by atoms with Crippen LogP contribution in [0.5, 0.6) is 0 Å². The zero-order chi connectivity index (χ0) is 37.9. The molecular weight excluding hydrogens is 681 g/mol. The lowest BCUT2D eigenvalue weighted by Gasteiger charge is -2.35. The molecule has 0 radical (unpaired) electrons. The highest BCUT2D eigenvalue weighted by atomic mass is 16.2. The smallest absolute Gasteiger partial charge is 0.253 e. The summed E-state index contributed by atoms with van der Waals surface area (Å²) in [5.41, 5.74) is 7.39. The van der Waals surface area contributed by atoms with E-state index in [1.807, 2.05) is 48.1 Å². The number of nitrogens with one attached hydrogen (secondary N) is 3. The third-order valence-electron chi connectivity index (χ3n) is 10.5. The maximum absolute atomic E-state index is 13.8. The minimum atomic E-state index is -0.286. The van der Waals surface area contributed by atoms with Crippen LogP contribution in [-0.4, -0.2) is 68.5 Å². The van der Waals surface area contributed by atoms with E-state index in [0.717, 1.165) is 95.8 Å². The molecule has 54 heavy (non-hydrogen) atoms. The molecule has 2 aliphatic heterocycles. The van der Waals surface area contributed by atoms with E-state index < -0.39 is 0 Å². The largest absolute Gasteiger partial charge is 0.354 e. The minimum absolute atomic E-state index is 0.0878. The highest BCUT2D eigenvalue weighted by molar-refractivity contribution is 6.08. The number of hydrogen-bond donors (Lipinski definition) is 3. The summed E-state index contributed by atoms with van der Waals surface area (Å²) in [6.07, 6.45) is 6.18. The van der Waals surface area contributed by atoms with Gasteiger partial charge in [0.1, 0.15) is 5.82 Å². The number of carbonyl (C=O) groups excluding carboxylic acids is 3. The van der Waals surface area contributed by atoms with Crippen LogP contribution in [0.3, 0.4) is 0 Å². The van der Waals surface area contributed by atoms with Gasteiger partial charge in [-0.1, -0.05) is 37.6 Å². The van der Waals surface area contributed by atoms with Gasteiger partial charge in [-0.05, 0) is 86.2 Å². The Balaban J connectivity index is 1.04. The van der Waals surface area contributed by atoms with Gasteiger partial charge in [-0.2, -0.15) is 5.10 Å². The number of hydrogen-bond acceptors (Lipinski definition) is 8. The van der Waals surface area contributed by atoms with Crippen LogP contribution in [0.1, 0.15) is 90.3 Å². The van der Waals surface area contributed by atoms with Crippen LogP contribution in [0, 0.1) is 6.92 Å². The van der Waals surface area contributed by atoms with Gasteiger partial charge in [-0.15, -0.1) is 0 Å². The summed E-state index contributed by atoms with van der Waals surface area (Å²) in [6.45, 7) is 12.4. The van der Waals surface area contributed by atoms with E-state index in [2.05, 4.69) is 75.6 Å². The van der Waals surface area contributed by atoms with E-state index in [-0.39, 0.29) is 41.8 Å². The van der Waals surface area contributed by atoms with Crippen LogP contribution < -0.4 is 21.1 Å². The van der Waals surface area contributed by atoms with Crippen molar-refractivity contribution in [3.63, 3.8) is 0 Å². The van der Waals surface area contributed by atoms with E-state index in [4.69, 9.17) is 4.98 Å². The van der Waals surface area contributed by atoms with Crippen molar-refractivity contribution < 1.29 is 14.4 Å². The number of aryl methyl sites for hydroxylation is 2. The lowest BCUT2D eigenvalue weighted by molar-refractivity contribution is -0.134. The molecule has 2 aromatic carbocycles. The molecule has 3 N–H and O–H groups in total. The van der Waals surface area contributed by atoms with Gasteiger partial charge in [0.15, 0.2) is 0 Å². The van der Waals surface area contributed by atoms with Crippen LogP contribution in [0.25, 0.3) is 22.0 Å². The highest BCUT2D eigenvalue weighted by Gasteiger charge is 2.28. The van der Waals surface area contributed by atoms with Gasteiger partial charge in [0, 0.05) is 80.1 Å². The second-order valence-corrected chi connectivity index (χ2v) is 14.8. The van der Waals surface area contributed by atoms with Gasteiger partial charge >= 0.3 is 0 Å². The maximum atomic E-state index is 13.8. The number of benzene rings is 2. The lowest BCUT2D eigenvalue weighted by Crippen LogP contribution is -2.46. The lowest BCUT2D eigenvalue weighted by atomic mass is 9.89. The van der Waals surface area contributed by atoms with Crippen molar-refractivity contribution in [1.29, 1.82) is 0 Å². The fourth-order valence-corrected chi connectivity index (χ4v) is 7.70. The number of nitrogens with zero attached hydrogens (tertiary/aromatic N) is 5. The minimum Gasteiger partial charge on any atom is -0.354 e. The molecule has 12 heteroatoms. The fourth-order valence-electron chi connectivity index (χ4n) is 7.70. The van der Waals surface area contributed by atoms with Gasteiger partial charge < -0.3 is 15.2 Å². The second kappa shape index (κ2) is 15.8. The number of carbonyl (C=O) groups is 3. The molecule has 2 aliphatic rings. The zero-order valence-electron chi connectivity index (χ0n) is 31.4. The molecule has 5 heterocycles. The predicted molar refractivity (Wildman–Crippen MR) is 209 cm³/mol. The normalized spacial score (nSPS) is 16.6. The van der Waals surface area contributed by atoms with Crippen molar-refractivity contribution in [2.24, 2.45) is 0 Å². The first-order valence-corrected chi connectivity index (χ1v) is 18.9. The summed E-state index contributed by atoms with van der Waals surface area (Å²) in [6, 6.07) is 18.3. The van der Waals surface area contributed by atoms with Crippen LogP contribution in [0.15, 0.2) is 71.8 Å². The van der Waals surface area contributed by atoms with E-state index >= 15 is 0 Å². The molecule has 0 spiro atoms. The van der Waals surface area contributed by atoms with Crippen molar-refractivity contribution in [2.75, 3.05) is 31.1 Å². The zero-order valence-corrected chi connectivity index (χ0v) is 31.4. The Bertz CT molecular complexity index is 2250. The maximum Gasteiger partial charge on any atom is 0.253 e. The molecule has 280 valence electrons. The van der Waals surface area contributed by atoms with Gasteiger partial charge in [0.05, 0.1) is 23.2 Å². The van der Waals surface area contributed by atoms with E-state index in [1.165, 1.54) is 0 Å². The van der Waals surface area contributed by atoms with Crippen LogP contribution in [0.4, 0.5) is 5.82 Å². The van der Waals surface area contributed by atoms with Crippen LogP contribution >= 0.6 is 0 Å². The molecule has 3 amide bonds. The number of H-pyrrole nitrogens is 1. The number of imide groups is 1. The number of aromatic amines is 1. The summed E-state index contributed by atoms with van der Waals surface area (Å²) < 4.78 is 1.92. The van der Waals surface area contributed by atoms with Crippen molar-refractivity contribution in [2.45, 2.75) is 78.4 Å². The molecule has 5 aromatic rings. The van der Waals surface area contributed by atoms with Gasteiger partial charge in [-0.3, -0.25) is 34.1 Å². The number of piperidine rings is 1. The number of pyridine rings is 2. The van der Waals surface area contributed by atoms with Gasteiger partial charge in [0.2, 0.25) is 11.8 Å². The summed E-state index contributed by atoms with van der Waals surface area (Å²) >= 11 is 0. The van der Waals surface area contributed by atoms with Crippen molar-refractivity contribution in [1.82, 2.24) is 35.3 Å². The monoisotopic (exact) mass is 728 g/mol. The Hall–Kier alpha value is -5.62. The molecule has 3 aromatic heterocycles. The Morgan fingerprint density at radius 2 is 1.80 bits per heavy atom. The first-order chi connectivity index (χ1) is 26.1. The summed E-state index contributed by atoms with van der Waals surface area (Å²) in [4.78, 5) is 63.2. The average Bonchev–Trinajstić information content (AvgIpc) is 3.59. The summed E-state index contributed by atoms with van der Waals surface area (Å²) in [7, 11) is 0. The standard InChI is InChI=1S/C42H48N8O4/c1-5-7-29-18-27(4)46-42(54)35(29)23-44-40(52)34-20-32(21-37-36(34)24-45-50(37)26(2)3)31-10-12-38(43-22-31)49-16-14-48(15-17-49)25-28-8-6-9-30(19-28)33-11-13-39(51)47-41(33)53/h6,8-10,12,18-22,24,26,33H,5,7,11,13-17,23,25H2,1-4H3,(H,44,52)(H,46,54)(H,47,51,53). The van der Waals surface area contributed by atoms with E-state index in [1.54, 1.807) is 6.20 Å². The van der Waals surface area contributed by atoms with Crippen molar-refractivity contribution in [3.8, 4) is 11.1 Å². The molecule has 1 unspecified atom stereocenters. The molecule has 0 saturated carbocycles.